The molecule has 0 radical (unpaired) electrons. The Kier molecular flexibility index (Phi) is 3.67. The van der Waals surface area contributed by atoms with Crippen molar-refractivity contribution >= 4 is 50.0 Å². The van der Waals surface area contributed by atoms with E-state index in [0.29, 0.717) is 16.0 Å². The molecule has 0 aliphatic heterocycles. The van der Waals surface area contributed by atoms with Crippen molar-refractivity contribution in [3.05, 3.63) is 56.6 Å². The van der Waals surface area contributed by atoms with Crippen LogP contribution >= 0.6 is 39.1 Å². The number of nitrogens with zero attached hydrogens (tertiary/aromatic N) is 2. The standard InChI is InChI=1S/C15H9BrCl2N2/c1-8-5-11-13(12(16)6-8)19-15(20-14(11)18)9-3-2-4-10(17)7-9/h2-7H,1H3. The lowest BCUT2D eigenvalue weighted by molar-refractivity contribution is 1.22. The molecule has 0 fully saturated rings. The van der Waals surface area contributed by atoms with Gasteiger partial charge in [0.1, 0.15) is 5.15 Å². The van der Waals surface area contributed by atoms with Gasteiger partial charge in [0.15, 0.2) is 5.82 Å². The van der Waals surface area contributed by atoms with Crippen LogP contribution in [0, 0.1) is 6.92 Å². The molecule has 2 nitrogen and oxygen atoms in total. The Labute approximate surface area is 134 Å². The summed E-state index contributed by atoms with van der Waals surface area (Å²) in [5.41, 5.74) is 2.74. The fraction of sp³-hybridized carbons (Fsp3) is 0.0667. The Morgan fingerprint density at radius 3 is 2.60 bits per heavy atom. The molecule has 0 bridgehead atoms. The zero-order valence-corrected chi connectivity index (χ0v) is 13.6. The molecule has 1 heterocycles. The quantitative estimate of drug-likeness (QED) is 0.517. The van der Waals surface area contributed by atoms with E-state index in [2.05, 4.69) is 25.9 Å². The molecule has 3 aromatic rings. The highest BCUT2D eigenvalue weighted by Crippen LogP contribution is 2.31. The molecule has 0 amide bonds. The van der Waals surface area contributed by atoms with E-state index in [1.54, 1.807) is 0 Å². The summed E-state index contributed by atoms with van der Waals surface area (Å²) in [7, 11) is 0. The fourth-order valence-corrected chi connectivity index (χ4v) is 3.12. The van der Waals surface area contributed by atoms with Crippen LogP contribution in [0.15, 0.2) is 40.9 Å². The lowest BCUT2D eigenvalue weighted by Gasteiger charge is -2.07. The maximum atomic E-state index is 6.29. The van der Waals surface area contributed by atoms with E-state index in [9.17, 15) is 0 Å². The summed E-state index contributed by atoms with van der Waals surface area (Å²) in [4.78, 5) is 8.96. The molecule has 2 aromatic carbocycles. The van der Waals surface area contributed by atoms with Crippen LogP contribution in [0.4, 0.5) is 0 Å². The van der Waals surface area contributed by atoms with E-state index in [-0.39, 0.29) is 0 Å². The number of aromatic nitrogens is 2. The smallest absolute Gasteiger partial charge is 0.161 e. The number of aryl methyl sites for hydroxylation is 1. The molecule has 0 N–H and O–H groups in total. The first kappa shape index (κ1) is 13.8. The summed E-state index contributed by atoms with van der Waals surface area (Å²) in [6.07, 6.45) is 0. The van der Waals surface area contributed by atoms with Gasteiger partial charge in [0.05, 0.1) is 5.52 Å². The molecular weight excluding hydrogens is 359 g/mol. The van der Waals surface area contributed by atoms with Gasteiger partial charge >= 0.3 is 0 Å². The highest BCUT2D eigenvalue weighted by molar-refractivity contribution is 9.10. The maximum Gasteiger partial charge on any atom is 0.161 e. The zero-order chi connectivity index (χ0) is 14.3. The van der Waals surface area contributed by atoms with Crippen molar-refractivity contribution in [1.82, 2.24) is 9.97 Å². The molecule has 0 spiro atoms. The van der Waals surface area contributed by atoms with Crippen LogP contribution in [0.1, 0.15) is 5.56 Å². The second kappa shape index (κ2) is 5.32. The third-order valence-electron chi connectivity index (χ3n) is 2.93. The minimum absolute atomic E-state index is 0.439. The van der Waals surface area contributed by atoms with Gasteiger partial charge in [-0.05, 0) is 52.7 Å². The molecule has 0 atom stereocenters. The maximum absolute atomic E-state index is 6.29. The Bertz CT molecular complexity index is 818. The predicted molar refractivity (Wildman–Crippen MR) is 87.4 cm³/mol. The Morgan fingerprint density at radius 1 is 1.05 bits per heavy atom. The van der Waals surface area contributed by atoms with Crippen LogP contribution in [-0.2, 0) is 0 Å². The van der Waals surface area contributed by atoms with Gasteiger partial charge in [0.25, 0.3) is 0 Å². The number of hydrogen-bond acceptors (Lipinski definition) is 2. The first-order chi connectivity index (χ1) is 9.54. The molecule has 5 heteroatoms. The number of benzene rings is 2. The SMILES string of the molecule is Cc1cc(Br)c2nc(-c3cccc(Cl)c3)nc(Cl)c2c1. The van der Waals surface area contributed by atoms with Crippen LogP contribution in [0.5, 0.6) is 0 Å². The van der Waals surface area contributed by atoms with Crippen LogP contribution in [0.2, 0.25) is 10.2 Å². The molecule has 0 aliphatic carbocycles. The van der Waals surface area contributed by atoms with Gasteiger partial charge in [-0.2, -0.15) is 0 Å². The molecule has 0 saturated heterocycles. The van der Waals surface area contributed by atoms with Gasteiger partial charge in [-0.25, -0.2) is 9.97 Å². The van der Waals surface area contributed by atoms with Crippen molar-refractivity contribution in [2.45, 2.75) is 6.92 Å². The number of rotatable bonds is 1. The van der Waals surface area contributed by atoms with Gasteiger partial charge in [-0.1, -0.05) is 35.3 Å². The third-order valence-corrected chi connectivity index (χ3v) is 4.06. The normalized spacial score (nSPS) is 11.0. The molecule has 0 unspecified atom stereocenters. The highest BCUT2D eigenvalue weighted by atomic mass is 79.9. The van der Waals surface area contributed by atoms with Crippen molar-refractivity contribution in [3.8, 4) is 11.4 Å². The van der Waals surface area contributed by atoms with Crippen molar-refractivity contribution in [2.24, 2.45) is 0 Å². The van der Waals surface area contributed by atoms with E-state index in [4.69, 9.17) is 23.2 Å². The largest absolute Gasteiger partial charge is 0.227 e. The monoisotopic (exact) mass is 366 g/mol. The van der Waals surface area contributed by atoms with E-state index in [0.717, 1.165) is 26.5 Å². The van der Waals surface area contributed by atoms with Crippen LogP contribution in [0.25, 0.3) is 22.3 Å². The third kappa shape index (κ3) is 2.53. The summed E-state index contributed by atoms with van der Waals surface area (Å²) in [6, 6.07) is 11.4. The Hall–Kier alpha value is -1.16. The minimum atomic E-state index is 0.439. The van der Waals surface area contributed by atoms with Gasteiger partial charge in [0, 0.05) is 20.4 Å². The Morgan fingerprint density at radius 2 is 1.85 bits per heavy atom. The van der Waals surface area contributed by atoms with Gasteiger partial charge in [0.2, 0.25) is 0 Å². The molecular formula is C15H9BrCl2N2. The molecule has 3 rings (SSSR count). The first-order valence-electron chi connectivity index (χ1n) is 5.94. The number of halogens is 3. The number of hydrogen-bond donors (Lipinski definition) is 0. The van der Waals surface area contributed by atoms with E-state index in [1.807, 2.05) is 43.3 Å². The van der Waals surface area contributed by atoms with Crippen molar-refractivity contribution in [2.75, 3.05) is 0 Å². The number of fused-ring (bicyclic) bond motifs is 1. The second-order valence-electron chi connectivity index (χ2n) is 4.49. The first-order valence-corrected chi connectivity index (χ1v) is 7.49. The summed E-state index contributed by atoms with van der Waals surface area (Å²) < 4.78 is 0.903. The molecule has 100 valence electrons. The summed E-state index contributed by atoms with van der Waals surface area (Å²) in [5, 5.41) is 1.92. The Balaban J connectivity index is 2.29. The van der Waals surface area contributed by atoms with Crippen LogP contribution in [-0.4, -0.2) is 9.97 Å². The van der Waals surface area contributed by atoms with E-state index in [1.165, 1.54) is 0 Å². The van der Waals surface area contributed by atoms with Crippen molar-refractivity contribution in [3.63, 3.8) is 0 Å². The van der Waals surface area contributed by atoms with Crippen molar-refractivity contribution < 1.29 is 0 Å². The topological polar surface area (TPSA) is 25.8 Å². The lowest BCUT2D eigenvalue weighted by atomic mass is 10.1. The second-order valence-corrected chi connectivity index (χ2v) is 6.14. The highest BCUT2D eigenvalue weighted by Gasteiger charge is 2.11. The average molecular weight is 368 g/mol. The van der Waals surface area contributed by atoms with E-state index >= 15 is 0 Å². The van der Waals surface area contributed by atoms with Gasteiger partial charge in [-0.15, -0.1) is 0 Å². The average Bonchev–Trinajstić information content (AvgIpc) is 2.39. The predicted octanol–water partition coefficient (Wildman–Crippen LogP) is 5.67. The molecule has 1 aromatic heterocycles. The summed E-state index contributed by atoms with van der Waals surface area (Å²) >= 11 is 15.8. The molecule has 0 aliphatic rings. The molecule has 0 saturated carbocycles. The van der Waals surface area contributed by atoms with Crippen molar-refractivity contribution in [1.29, 1.82) is 0 Å². The zero-order valence-electron chi connectivity index (χ0n) is 10.5. The minimum Gasteiger partial charge on any atom is -0.227 e. The lowest BCUT2D eigenvalue weighted by Crippen LogP contribution is -1.93. The van der Waals surface area contributed by atoms with Gasteiger partial charge < -0.3 is 0 Å². The van der Waals surface area contributed by atoms with Crippen LogP contribution < -0.4 is 0 Å². The molecule has 20 heavy (non-hydrogen) atoms. The van der Waals surface area contributed by atoms with Crippen LogP contribution in [0.3, 0.4) is 0 Å². The van der Waals surface area contributed by atoms with Gasteiger partial charge in [-0.3, -0.25) is 0 Å². The fourth-order valence-electron chi connectivity index (χ4n) is 2.05. The summed E-state index contributed by atoms with van der Waals surface area (Å²) in [5.74, 6) is 0.564. The van der Waals surface area contributed by atoms with E-state index < -0.39 is 0 Å². The summed E-state index contributed by atoms with van der Waals surface area (Å²) in [6.45, 7) is 2.01.